The van der Waals surface area contributed by atoms with E-state index in [1.165, 1.54) is 0 Å². The van der Waals surface area contributed by atoms with E-state index in [1.54, 1.807) is 0 Å². The third-order valence-electron chi connectivity index (χ3n) is 0.942. The number of nitrogens with zero attached hydrogens (tertiary/aromatic N) is 2. The van der Waals surface area contributed by atoms with E-state index in [9.17, 15) is 0 Å². The molecule has 1 aromatic rings. The molecule has 0 saturated carbocycles. The molecule has 0 bridgehead atoms. The van der Waals surface area contributed by atoms with Crippen LogP contribution in [0.4, 0.5) is 5.13 Å². The Labute approximate surface area is 104 Å². The van der Waals surface area contributed by atoms with E-state index < -0.39 is 43.6 Å². The molecule has 0 unspecified atom stereocenters. The molecule has 68 valence electrons. The Morgan fingerprint density at radius 1 is 1.75 bits per heavy atom. The molecule has 2 nitrogen and oxygen atoms in total. The van der Waals surface area contributed by atoms with Gasteiger partial charge in [-0.05, 0) is 22.3 Å². The van der Waals surface area contributed by atoms with Crippen molar-refractivity contribution >= 4 is 32.4 Å². The molecule has 4 heteroatoms. The maximum absolute atomic E-state index is 7.90. The molecule has 0 amide bonds. The summed E-state index contributed by atoms with van der Waals surface area (Å²) in [4.78, 5) is 3.10. The van der Waals surface area contributed by atoms with Gasteiger partial charge < -0.3 is 4.90 Å². The van der Waals surface area contributed by atoms with Crippen molar-refractivity contribution in [3.8, 4) is 0 Å². The summed E-state index contributed by atoms with van der Waals surface area (Å²) in [5, 5.41) is -0.618. The van der Waals surface area contributed by atoms with Crippen LogP contribution in [-0.2, 0) is 6.37 Å². The summed E-state index contributed by atoms with van der Waals surface area (Å²) in [6, 6.07) is 0. The minimum Gasteiger partial charge on any atom is -0.354 e. The first-order valence-electron chi connectivity index (χ1n) is 9.22. The van der Waals surface area contributed by atoms with Gasteiger partial charge in [0.05, 0.1) is 0 Å². The monoisotopic (exact) mass is 261 g/mol. The van der Waals surface area contributed by atoms with E-state index >= 15 is 0 Å². The highest BCUT2D eigenvalue weighted by Gasteiger charge is 2.08. The van der Waals surface area contributed by atoms with Crippen molar-refractivity contribution in [3.05, 3.63) is 9.48 Å². The largest absolute Gasteiger partial charge is 0.354 e. The van der Waals surface area contributed by atoms with Crippen molar-refractivity contribution in [1.29, 1.82) is 0 Å². The first-order valence-corrected chi connectivity index (χ1v) is 4.32. The van der Waals surface area contributed by atoms with E-state index in [1.807, 2.05) is 0 Å². The van der Waals surface area contributed by atoms with Gasteiger partial charge in [0, 0.05) is 36.6 Å². The van der Waals surface area contributed by atoms with Gasteiger partial charge in [0.15, 0.2) is 5.13 Å². The van der Waals surface area contributed by atoms with Crippen LogP contribution in [0.5, 0.6) is 0 Å². The Balaban J connectivity index is 3.55. The van der Waals surface area contributed by atoms with E-state index in [4.69, 9.17) is 17.8 Å². The van der Waals surface area contributed by atoms with Crippen LogP contribution < -0.4 is 4.90 Å². The van der Waals surface area contributed by atoms with Gasteiger partial charge in [0.25, 0.3) is 0 Å². The number of hydrogen-bond acceptors (Lipinski definition) is 3. The molecular formula is C8H13BrN2S. The molecule has 0 aliphatic heterocycles. The van der Waals surface area contributed by atoms with Crippen LogP contribution in [0.3, 0.4) is 0 Å². The minimum atomic E-state index is -3.34. The second-order valence-corrected chi connectivity index (χ2v) is 3.43. The predicted octanol–water partition coefficient (Wildman–Crippen LogP) is 2.92. The third-order valence-corrected chi connectivity index (χ3v) is 2.73. The topological polar surface area (TPSA) is 16.1 Å². The van der Waals surface area contributed by atoms with Gasteiger partial charge >= 0.3 is 0 Å². The van der Waals surface area contributed by atoms with Gasteiger partial charge in [-0.3, -0.25) is 0 Å². The van der Waals surface area contributed by atoms with Gasteiger partial charge in [-0.1, -0.05) is 13.2 Å². The maximum Gasteiger partial charge on any atom is 0.186 e. The summed E-state index contributed by atoms with van der Waals surface area (Å²) in [5.74, 6) is 0. The van der Waals surface area contributed by atoms with Crippen molar-refractivity contribution in [3.63, 3.8) is 0 Å². The molecule has 1 aromatic heterocycles. The lowest BCUT2D eigenvalue weighted by atomic mass is 10.3. The second-order valence-electron chi connectivity index (χ2n) is 1.70. The van der Waals surface area contributed by atoms with E-state index in [0.29, 0.717) is 0 Å². The van der Waals surface area contributed by atoms with Crippen LogP contribution in [-0.4, -0.2) is 18.9 Å². The molecule has 0 radical (unpaired) electrons. The van der Waals surface area contributed by atoms with Crippen molar-refractivity contribution in [2.24, 2.45) is 0 Å². The lowest BCUT2D eigenvalue weighted by molar-refractivity contribution is 0.930. The lowest BCUT2D eigenvalue weighted by Gasteiger charge is -2.04. The molecule has 0 aromatic carbocycles. The quantitative estimate of drug-likeness (QED) is 0.832. The summed E-state index contributed by atoms with van der Waals surface area (Å²) < 4.78 is 96.3. The number of anilines is 1. The van der Waals surface area contributed by atoms with Gasteiger partial charge in [-0.25, -0.2) is 4.98 Å². The molecule has 0 spiro atoms. The van der Waals surface area contributed by atoms with Gasteiger partial charge in [-0.2, -0.15) is 0 Å². The summed E-state index contributed by atoms with van der Waals surface area (Å²) >= 11 is 3.08. The van der Waals surface area contributed by atoms with E-state index in [2.05, 4.69) is 20.9 Å². The van der Waals surface area contributed by atoms with Crippen molar-refractivity contribution in [1.82, 2.24) is 4.98 Å². The summed E-state index contributed by atoms with van der Waals surface area (Å²) in [6.45, 7) is -9.58. The molecule has 0 saturated heterocycles. The van der Waals surface area contributed by atoms with Crippen molar-refractivity contribution in [2.45, 2.75) is 19.6 Å². The summed E-state index contributed by atoms with van der Waals surface area (Å²) in [5.41, 5.74) is 0. The first-order chi connectivity index (χ1) is 10.7. The SMILES string of the molecule is [2H]C([2H])([2H])N(c1nc(Br)c(C([2H])([2H])C([2H])([2H])C([2H])([2H])[2H])s1)C([2H])([2H])[2H]. The zero-order valence-electron chi connectivity index (χ0n) is 18.7. The minimum absolute atomic E-state index is 0.0138. The smallest absolute Gasteiger partial charge is 0.186 e. The van der Waals surface area contributed by atoms with Crippen LogP contribution in [0.2, 0.25) is 0 Å². The Hall–Kier alpha value is -0.0900. The van der Waals surface area contributed by atoms with Crippen molar-refractivity contribution in [2.75, 3.05) is 18.9 Å². The Bertz CT molecular complexity index is 613. The first kappa shape index (κ1) is 2.28. The normalized spacial score (nSPS) is 31.9. The standard InChI is InChI=1S/C8H13BrN2S/c1-4-5-6-7(9)10-8(12-6)11(2)3/h4-5H2,1-3H3/i1D3,2D3,3D3,4D2,5D2. The third kappa shape index (κ3) is 2.20. The lowest BCUT2D eigenvalue weighted by Crippen LogP contribution is -2.07. The van der Waals surface area contributed by atoms with Gasteiger partial charge in [-0.15, -0.1) is 11.3 Å². The van der Waals surface area contributed by atoms with E-state index in [-0.39, 0.29) is 20.8 Å². The fraction of sp³-hybridized carbons (Fsp3) is 0.625. The molecule has 0 aliphatic rings. The molecule has 1 rings (SSSR count). The summed E-state index contributed by atoms with van der Waals surface area (Å²) in [6.07, 6.45) is -6.43. The number of rotatable bonds is 3. The zero-order valence-corrected chi connectivity index (χ0v) is 8.08. The fourth-order valence-corrected chi connectivity index (χ4v) is 1.79. The molecule has 0 N–H and O–H groups in total. The average molecular weight is 262 g/mol. The van der Waals surface area contributed by atoms with Gasteiger partial charge in [0.2, 0.25) is 0 Å². The van der Waals surface area contributed by atoms with E-state index in [0.717, 1.165) is 0 Å². The van der Waals surface area contributed by atoms with Crippen LogP contribution in [0.1, 0.15) is 35.9 Å². The Morgan fingerprint density at radius 3 is 3.25 bits per heavy atom. The number of halogens is 1. The zero-order chi connectivity index (χ0) is 20.2. The highest BCUT2D eigenvalue weighted by Crippen LogP contribution is 2.29. The molecule has 0 aliphatic carbocycles. The Kier molecular flexibility index (Phi) is 0.806. The Morgan fingerprint density at radius 2 is 2.58 bits per heavy atom. The second kappa shape index (κ2) is 4.23. The molecular weight excluding hydrogens is 236 g/mol. The fourth-order valence-electron chi connectivity index (χ4n) is 0.520. The van der Waals surface area contributed by atoms with Crippen molar-refractivity contribution < 1.29 is 17.8 Å². The highest BCUT2D eigenvalue weighted by atomic mass is 79.9. The van der Waals surface area contributed by atoms with Crippen LogP contribution in [0, 0.1) is 0 Å². The number of aryl methyl sites for hydroxylation is 1. The highest BCUT2D eigenvalue weighted by molar-refractivity contribution is 9.10. The molecule has 12 heavy (non-hydrogen) atoms. The number of aromatic nitrogens is 1. The summed E-state index contributed by atoms with van der Waals surface area (Å²) in [7, 11) is 0. The molecule has 1 heterocycles. The van der Waals surface area contributed by atoms with Crippen LogP contribution in [0.25, 0.3) is 0 Å². The maximum atomic E-state index is 7.90. The van der Waals surface area contributed by atoms with Gasteiger partial charge in [0.1, 0.15) is 4.60 Å². The average Bonchev–Trinajstić information content (AvgIpc) is 2.65. The number of thiazole rings is 1. The number of hydrogen-bond donors (Lipinski definition) is 0. The predicted molar refractivity (Wildman–Crippen MR) is 58.1 cm³/mol. The molecule has 0 fully saturated rings. The van der Waals surface area contributed by atoms with Crippen LogP contribution in [0.15, 0.2) is 4.60 Å². The molecule has 0 atom stereocenters. The van der Waals surface area contributed by atoms with Crippen LogP contribution >= 0.6 is 27.3 Å².